The summed E-state index contributed by atoms with van der Waals surface area (Å²) in [6.07, 6.45) is 6.71. The molecule has 1 fully saturated rings. The summed E-state index contributed by atoms with van der Waals surface area (Å²) in [5.74, 6) is 0. The first-order chi connectivity index (χ1) is 7.75. The molecule has 3 heteroatoms. The summed E-state index contributed by atoms with van der Waals surface area (Å²) < 4.78 is 2.14. The normalized spacial score (nSPS) is 22.0. The molecular formula is C13H17N3. The molecule has 1 aliphatic rings. The first-order valence-electron chi connectivity index (χ1n) is 5.90. The van der Waals surface area contributed by atoms with E-state index in [0.29, 0.717) is 6.04 Å². The van der Waals surface area contributed by atoms with E-state index in [-0.39, 0.29) is 0 Å². The van der Waals surface area contributed by atoms with Gasteiger partial charge in [0.1, 0.15) is 5.65 Å². The number of aromatic nitrogens is 2. The predicted molar refractivity (Wildman–Crippen MR) is 64.5 cm³/mol. The number of hydrogen-bond acceptors (Lipinski definition) is 2. The van der Waals surface area contributed by atoms with Crippen LogP contribution in [0.3, 0.4) is 0 Å². The molecule has 2 aromatic heterocycles. The van der Waals surface area contributed by atoms with E-state index >= 15 is 0 Å². The van der Waals surface area contributed by atoms with Gasteiger partial charge in [-0.05, 0) is 39.4 Å². The third-order valence-electron chi connectivity index (χ3n) is 3.51. The summed E-state index contributed by atoms with van der Waals surface area (Å²) in [5, 5.41) is 0. The van der Waals surface area contributed by atoms with Gasteiger partial charge in [-0.2, -0.15) is 0 Å². The van der Waals surface area contributed by atoms with Crippen LogP contribution in [0.15, 0.2) is 24.5 Å². The number of fused-ring (bicyclic) bond motifs is 1. The zero-order valence-corrected chi connectivity index (χ0v) is 9.85. The van der Waals surface area contributed by atoms with E-state index in [9.17, 15) is 0 Å². The number of aryl methyl sites for hydroxylation is 1. The average Bonchev–Trinajstić information content (AvgIpc) is 2.82. The van der Waals surface area contributed by atoms with Gasteiger partial charge < -0.3 is 4.40 Å². The van der Waals surface area contributed by atoms with Gasteiger partial charge in [0.25, 0.3) is 0 Å². The van der Waals surface area contributed by atoms with Crippen molar-refractivity contribution in [3.8, 4) is 0 Å². The van der Waals surface area contributed by atoms with Crippen molar-refractivity contribution in [2.45, 2.75) is 25.8 Å². The van der Waals surface area contributed by atoms with Gasteiger partial charge in [-0.15, -0.1) is 0 Å². The van der Waals surface area contributed by atoms with E-state index < -0.39 is 0 Å². The van der Waals surface area contributed by atoms with Crippen LogP contribution in [-0.2, 0) is 0 Å². The van der Waals surface area contributed by atoms with Crippen LogP contribution in [0, 0.1) is 6.92 Å². The van der Waals surface area contributed by atoms with Crippen molar-refractivity contribution in [2.75, 3.05) is 13.6 Å². The lowest BCUT2D eigenvalue weighted by Crippen LogP contribution is -2.18. The van der Waals surface area contributed by atoms with Crippen molar-refractivity contribution in [1.29, 1.82) is 0 Å². The molecule has 84 valence electrons. The fourth-order valence-electron chi connectivity index (χ4n) is 2.72. The Balaban J connectivity index is 2.15. The number of pyridine rings is 1. The minimum Gasteiger partial charge on any atom is -0.307 e. The molecule has 3 heterocycles. The van der Waals surface area contributed by atoms with Crippen molar-refractivity contribution in [3.05, 3.63) is 35.8 Å². The molecular weight excluding hydrogens is 198 g/mol. The number of hydrogen-bond donors (Lipinski definition) is 0. The van der Waals surface area contributed by atoms with E-state index in [1.165, 1.54) is 24.9 Å². The molecule has 0 spiro atoms. The van der Waals surface area contributed by atoms with Crippen LogP contribution in [0.2, 0.25) is 0 Å². The van der Waals surface area contributed by atoms with Gasteiger partial charge in [0, 0.05) is 24.0 Å². The highest BCUT2D eigenvalue weighted by molar-refractivity contribution is 5.50. The van der Waals surface area contributed by atoms with Crippen LogP contribution in [0.25, 0.3) is 5.65 Å². The molecule has 1 unspecified atom stereocenters. The Morgan fingerprint density at radius 3 is 3.06 bits per heavy atom. The van der Waals surface area contributed by atoms with Crippen molar-refractivity contribution < 1.29 is 0 Å². The Bertz CT molecular complexity index is 515. The van der Waals surface area contributed by atoms with E-state index in [2.05, 4.69) is 52.8 Å². The zero-order valence-electron chi connectivity index (χ0n) is 9.85. The molecule has 0 amide bonds. The Labute approximate surface area is 95.7 Å². The van der Waals surface area contributed by atoms with Crippen LogP contribution in [0.1, 0.15) is 30.1 Å². The molecule has 1 atom stereocenters. The molecule has 1 aliphatic heterocycles. The summed E-state index contributed by atoms with van der Waals surface area (Å²) in [5.41, 5.74) is 3.59. The summed E-state index contributed by atoms with van der Waals surface area (Å²) in [7, 11) is 2.21. The largest absolute Gasteiger partial charge is 0.307 e. The second-order valence-electron chi connectivity index (χ2n) is 4.72. The molecule has 3 rings (SSSR count). The molecule has 0 aromatic carbocycles. The maximum Gasteiger partial charge on any atom is 0.141 e. The summed E-state index contributed by atoms with van der Waals surface area (Å²) >= 11 is 0. The molecule has 0 aliphatic carbocycles. The van der Waals surface area contributed by atoms with Gasteiger partial charge in [-0.1, -0.05) is 6.07 Å². The Morgan fingerprint density at radius 2 is 2.31 bits per heavy atom. The maximum atomic E-state index is 4.63. The van der Waals surface area contributed by atoms with E-state index in [1.54, 1.807) is 0 Å². The minimum absolute atomic E-state index is 0.547. The van der Waals surface area contributed by atoms with Gasteiger partial charge in [-0.25, -0.2) is 4.98 Å². The summed E-state index contributed by atoms with van der Waals surface area (Å²) in [4.78, 5) is 7.06. The Kier molecular flexibility index (Phi) is 2.21. The Morgan fingerprint density at radius 1 is 1.44 bits per heavy atom. The van der Waals surface area contributed by atoms with Gasteiger partial charge in [0.2, 0.25) is 0 Å². The van der Waals surface area contributed by atoms with Gasteiger partial charge in [0.15, 0.2) is 0 Å². The van der Waals surface area contributed by atoms with Gasteiger partial charge in [-0.3, -0.25) is 4.90 Å². The number of nitrogens with zero attached hydrogens (tertiary/aromatic N) is 3. The van der Waals surface area contributed by atoms with Crippen LogP contribution in [0.5, 0.6) is 0 Å². The van der Waals surface area contributed by atoms with Gasteiger partial charge >= 0.3 is 0 Å². The lowest BCUT2D eigenvalue weighted by atomic mass is 10.1. The summed E-state index contributed by atoms with van der Waals surface area (Å²) in [6.45, 7) is 3.25. The monoisotopic (exact) mass is 215 g/mol. The van der Waals surface area contributed by atoms with Crippen molar-refractivity contribution >= 4 is 5.65 Å². The molecule has 0 saturated carbocycles. The maximum absolute atomic E-state index is 4.63. The predicted octanol–water partition coefficient (Wildman–Crippen LogP) is 2.41. The van der Waals surface area contributed by atoms with Crippen molar-refractivity contribution in [2.24, 2.45) is 0 Å². The molecule has 16 heavy (non-hydrogen) atoms. The standard InChI is InChI=1S/C13H17N3/c1-10-9-16-8-3-5-11(13(16)14-10)12-6-4-7-15(12)2/h3,5,8-9,12H,4,6-7H2,1-2H3. The highest BCUT2D eigenvalue weighted by Crippen LogP contribution is 2.32. The van der Waals surface area contributed by atoms with Crippen LogP contribution in [0.4, 0.5) is 0 Å². The first kappa shape index (κ1) is 9.85. The van der Waals surface area contributed by atoms with Crippen molar-refractivity contribution in [1.82, 2.24) is 14.3 Å². The highest BCUT2D eigenvalue weighted by atomic mass is 15.2. The fraction of sp³-hybridized carbons (Fsp3) is 0.462. The molecule has 3 nitrogen and oxygen atoms in total. The minimum atomic E-state index is 0.547. The van der Waals surface area contributed by atoms with Crippen LogP contribution >= 0.6 is 0 Å². The topological polar surface area (TPSA) is 20.5 Å². The van der Waals surface area contributed by atoms with Crippen LogP contribution in [-0.4, -0.2) is 27.9 Å². The molecule has 0 bridgehead atoms. The van der Waals surface area contributed by atoms with E-state index in [4.69, 9.17) is 0 Å². The highest BCUT2D eigenvalue weighted by Gasteiger charge is 2.24. The lowest BCUT2D eigenvalue weighted by molar-refractivity contribution is 0.318. The SMILES string of the molecule is Cc1cn2cccc(C3CCCN3C)c2n1. The Hall–Kier alpha value is -1.35. The second-order valence-corrected chi connectivity index (χ2v) is 4.72. The van der Waals surface area contributed by atoms with Gasteiger partial charge in [0.05, 0.1) is 5.69 Å². The molecule has 2 aromatic rings. The second kappa shape index (κ2) is 3.59. The number of imidazole rings is 1. The lowest BCUT2D eigenvalue weighted by Gasteiger charge is -2.20. The van der Waals surface area contributed by atoms with Crippen LogP contribution < -0.4 is 0 Å². The van der Waals surface area contributed by atoms with Crippen molar-refractivity contribution in [3.63, 3.8) is 0 Å². The third kappa shape index (κ3) is 1.43. The van der Waals surface area contributed by atoms with E-state index in [1.807, 2.05) is 0 Å². The molecule has 1 saturated heterocycles. The molecule has 0 radical (unpaired) electrons. The first-order valence-corrected chi connectivity index (χ1v) is 5.90. The fourth-order valence-corrected chi connectivity index (χ4v) is 2.72. The smallest absolute Gasteiger partial charge is 0.141 e. The number of rotatable bonds is 1. The summed E-state index contributed by atoms with van der Waals surface area (Å²) in [6, 6.07) is 4.88. The van der Waals surface area contributed by atoms with E-state index in [0.717, 1.165) is 11.3 Å². The quantitative estimate of drug-likeness (QED) is 0.728. The average molecular weight is 215 g/mol. The molecule has 0 N–H and O–H groups in total. The zero-order chi connectivity index (χ0) is 11.1. The number of likely N-dealkylation sites (tertiary alicyclic amines) is 1. The third-order valence-corrected chi connectivity index (χ3v) is 3.51.